The second kappa shape index (κ2) is 7.40. The minimum atomic E-state index is 0.575. The summed E-state index contributed by atoms with van der Waals surface area (Å²) < 4.78 is 0. The van der Waals surface area contributed by atoms with Gasteiger partial charge in [0, 0.05) is 44.6 Å². The van der Waals surface area contributed by atoms with Gasteiger partial charge in [0.1, 0.15) is 0 Å². The zero-order chi connectivity index (χ0) is 13.5. The van der Waals surface area contributed by atoms with Crippen LogP contribution in [0.1, 0.15) is 25.3 Å². The summed E-state index contributed by atoms with van der Waals surface area (Å²) in [5, 5.41) is 6.83. The Labute approximate surface area is 115 Å². The average molecular weight is 263 g/mol. The van der Waals surface area contributed by atoms with Crippen LogP contribution in [0, 0.1) is 0 Å². The van der Waals surface area contributed by atoms with Gasteiger partial charge in [-0.3, -0.25) is 0 Å². The van der Waals surface area contributed by atoms with Crippen molar-refractivity contribution in [2.24, 2.45) is 0 Å². The lowest BCUT2D eigenvalue weighted by Gasteiger charge is -2.30. The third-order valence-electron chi connectivity index (χ3n) is 3.48. The molecule has 1 unspecified atom stereocenters. The second-order valence-corrected chi connectivity index (χ2v) is 5.29. The van der Waals surface area contributed by atoms with Crippen molar-refractivity contribution in [3.63, 3.8) is 0 Å². The molecule has 0 aliphatic carbocycles. The van der Waals surface area contributed by atoms with E-state index in [1.807, 2.05) is 12.4 Å². The van der Waals surface area contributed by atoms with Gasteiger partial charge in [0.25, 0.3) is 0 Å². The van der Waals surface area contributed by atoms with Gasteiger partial charge >= 0.3 is 0 Å². The molecule has 2 heterocycles. The number of nitrogens with one attached hydrogen (secondary N) is 2. The zero-order valence-corrected chi connectivity index (χ0v) is 12.0. The summed E-state index contributed by atoms with van der Waals surface area (Å²) in [6.07, 6.45) is 7.14. The lowest BCUT2D eigenvalue weighted by atomic mass is 10.1. The number of aromatic nitrogens is 2. The van der Waals surface area contributed by atoms with E-state index < -0.39 is 0 Å². The lowest BCUT2D eigenvalue weighted by Crippen LogP contribution is -2.49. The van der Waals surface area contributed by atoms with Crippen molar-refractivity contribution in [1.82, 2.24) is 20.2 Å². The summed E-state index contributed by atoms with van der Waals surface area (Å²) in [6.45, 7) is 6.44. The van der Waals surface area contributed by atoms with E-state index in [-0.39, 0.29) is 0 Å². The van der Waals surface area contributed by atoms with Gasteiger partial charge in [-0.1, -0.05) is 13.3 Å². The second-order valence-electron chi connectivity index (χ2n) is 5.29. The van der Waals surface area contributed by atoms with Crippen LogP contribution < -0.4 is 10.6 Å². The Kier molecular flexibility index (Phi) is 5.54. The average Bonchev–Trinajstić information content (AvgIpc) is 2.41. The number of hydrogen-bond acceptors (Lipinski definition) is 5. The highest BCUT2D eigenvalue weighted by Crippen LogP contribution is 2.04. The molecular weight excluding hydrogens is 238 g/mol. The molecule has 1 aromatic heterocycles. The Morgan fingerprint density at radius 2 is 2.21 bits per heavy atom. The van der Waals surface area contributed by atoms with E-state index in [4.69, 9.17) is 0 Å². The molecule has 19 heavy (non-hydrogen) atoms. The van der Waals surface area contributed by atoms with Crippen molar-refractivity contribution in [1.29, 1.82) is 0 Å². The highest BCUT2D eigenvalue weighted by molar-refractivity contribution is 5.24. The fourth-order valence-corrected chi connectivity index (χ4v) is 2.41. The summed E-state index contributed by atoms with van der Waals surface area (Å²) in [5.74, 6) is 0.740. The molecule has 1 aromatic rings. The van der Waals surface area contributed by atoms with Gasteiger partial charge in [-0.15, -0.1) is 0 Å². The summed E-state index contributed by atoms with van der Waals surface area (Å²) in [7, 11) is 2.18. The number of hydrogen-bond donors (Lipinski definition) is 2. The minimum Gasteiger partial charge on any atom is -0.354 e. The summed E-state index contributed by atoms with van der Waals surface area (Å²) in [4.78, 5) is 11.1. The SMILES string of the molecule is CCCc1cnc(NCCC2CN(C)CCN2)nc1. The summed E-state index contributed by atoms with van der Waals surface area (Å²) >= 11 is 0. The van der Waals surface area contributed by atoms with Gasteiger partial charge in [0.2, 0.25) is 5.95 Å². The first kappa shape index (κ1) is 14.2. The Morgan fingerprint density at radius 1 is 1.42 bits per heavy atom. The van der Waals surface area contributed by atoms with Crippen molar-refractivity contribution in [3.8, 4) is 0 Å². The van der Waals surface area contributed by atoms with Gasteiger partial charge in [-0.2, -0.15) is 0 Å². The molecule has 0 amide bonds. The topological polar surface area (TPSA) is 53.1 Å². The zero-order valence-electron chi connectivity index (χ0n) is 12.0. The van der Waals surface area contributed by atoms with Crippen LogP contribution >= 0.6 is 0 Å². The largest absolute Gasteiger partial charge is 0.354 e. The highest BCUT2D eigenvalue weighted by Gasteiger charge is 2.15. The van der Waals surface area contributed by atoms with Crippen LogP contribution in [0.25, 0.3) is 0 Å². The Morgan fingerprint density at radius 3 is 2.89 bits per heavy atom. The molecule has 1 aliphatic heterocycles. The maximum Gasteiger partial charge on any atom is 0.222 e. The van der Waals surface area contributed by atoms with Gasteiger partial charge in [-0.25, -0.2) is 9.97 Å². The Hall–Kier alpha value is -1.20. The molecule has 106 valence electrons. The first-order valence-corrected chi connectivity index (χ1v) is 7.24. The van der Waals surface area contributed by atoms with E-state index >= 15 is 0 Å². The highest BCUT2D eigenvalue weighted by atomic mass is 15.2. The van der Waals surface area contributed by atoms with Gasteiger partial charge in [-0.05, 0) is 25.5 Å². The van der Waals surface area contributed by atoms with E-state index in [2.05, 4.69) is 39.5 Å². The van der Waals surface area contributed by atoms with Crippen LogP contribution in [0.4, 0.5) is 5.95 Å². The summed E-state index contributed by atoms with van der Waals surface area (Å²) in [6, 6.07) is 0.575. The number of aryl methyl sites for hydroxylation is 1. The van der Waals surface area contributed by atoms with Gasteiger partial charge in [0.15, 0.2) is 0 Å². The van der Waals surface area contributed by atoms with E-state index in [1.54, 1.807) is 0 Å². The van der Waals surface area contributed by atoms with E-state index in [1.165, 1.54) is 5.56 Å². The third kappa shape index (κ3) is 4.76. The van der Waals surface area contributed by atoms with Gasteiger partial charge < -0.3 is 15.5 Å². The molecule has 2 rings (SSSR count). The quantitative estimate of drug-likeness (QED) is 0.806. The standard InChI is InChI=1S/C14H25N5/c1-3-4-12-9-17-14(18-10-12)16-6-5-13-11-19(2)8-7-15-13/h9-10,13,15H,3-8,11H2,1-2H3,(H,16,17,18). The van der Waals surface area contributed by atoms with Crippen LogP contribution in [0.15, 0.2) is 12.4 Å². The normalized spacial score (nSPS) is 20.4. The monoisotopic (exact) mass is 263 g/mol. The van der Waals surface area contributed by atoms with Crippen molar-refractivity contribution in [3.05, 3.63) is 18.0 Å². The molecule has 1 fully saturated rings. The third-order valence-corrected chi connectivity index (χ3v) is 3.48. The van der Waals surface area contributed by atoms with Crippen LogP contribution in [0.5, 0.6) is 0 Å². The maximum absolute atomic E-state index is 4.34. The fourth-order valence-electron chi connectivity index (χ4n) is 2.41. The number of piperazine rings is 1. The van der Waals surface area contributed by atoms with E-state index in [0.29, 0.717) is 6.04 Å². The molecule has 0 aromatic carbocycles. The minimum absolute atomic E-state index is 0.575. The lowest BCUT2D eigenvalue weighted by molar-refractivity contribution is 0.234. The maximum atomic E-state index is 4.34. The molecule has 2 N–H and O–H groups in total. The van der Waals surface area contributed by atoms with Crippen molar-refractivity contribution < 1.29 is 0 Å². The molecule has 0 saturated carbocycles. The number of rotatable bonds is 6. The van der Waals surface area contributed by atoms with E-state index in [9.17, 15) is 0 Å². The predicted molar refractivity (Wildman–Crippen MR) is 78.4 cm³/mol. The van der Waals surface area contributed by atoms with Crippen molar-refractivity contribution >= 4 is 5.95 Å². The smallest absolute Gasteiger partial charge is 0.222 e. The first-order valence-electron chi connectivity index (χ1n) is 7.24. The Bertz CT molecular complexity index is 365. The molecule has 5 nitrogen and oxygen atoms in total. The molecular formula is C14H25N5. The van der Waals surface area contributed by atoms with Crippen molar-refractivity contribution in [2.75, 3.05) is 38.5 Å². The molecule has 1 atom stereocenters. The van der Waals surface area contributed by atoms with Crippen LogP contribution in [-0.4, -0.2) is 54.1 Å². The molecule has 0 spiro atoms. The molecule has 0 radical (unpaired) electrons. The first-order chi connectivity index (χ1) is 9.28. The van der Waals surface area contributed by atoms with Crippen LogP contribution in [0.2, 0.25) is 0 Å². The Balaban J connectivity index is 1.70. The van der Waals surface area contributed by atoms with Crippen molar-refractivity contribution in [2.45, 2.75) is 32.2 Å². The molecule has 1 aliphatic rings. The molecule has 0 bridgehead atoms. The molecule has 5 heteroatoms. The predicted octanol–water partition coefficient (Wildman–Crippen LogP) is 1.13. The van der Waals surface area contributed by atoms with Crippen LogP contribution in [0.3, 0.4) is 0 Å². The van der Waals surface area contributed by atoms with Crippen LogP contribution in [-0.2, 0) is 6.42 Å². The van der Waals surface area contributed by atoms with E-state index in [0.717, 1.165) is 51.4 Å². The number of anilines is 1. The summed E-state index contributed by atoms with van der Waals surface area (Å²) in [5.41, 5.74) is 1.21. The number of nitrogens with zero attached hydrogens (tertiary/aromatic N) is 3. The fraction of sp³-hybridized carbons (Fsp3) is 0.714. The number of likely N-dealkylation sites (N-methyl/N-ethyl adjacent to an activating group) is 1. The van der Waals surface area contributed by atoms with Gasteiger partial charge in [0.05, 0.1) is 0 Å². The molecule has 1 saturated heterocycles.